The summed E-state index contributed by atoms with van der Waals surface area (Å²) in [6, 6.07) is 20.4. The van der Waals surface area contributed by atoms with E-state index in [2.05, 4.69) is 19.2 Å². The number of nitrogens with zero attached hydrogens (tertiary/aromatic N) is 3. The predicted octanol–water partition coefficient (Wildman–Crippen LogP) is 6.95. The SMILES string of the molecule is Cc1ccc(-n2c(C(C)N(CCC(C)C)C(=O)Nc3ccccc3C)nc3ccccc3c2=O)cc1C. The van der Waals surface area contributed by atoms with Crippen molar-refractivity contribution in [3.05, 3.63) is 99.6 Å². The maximum absolute atomic E-state index is 13.8. The van der Waals surface area contributed by atoms with E-state index in [1.807, 2.05) is 88.4 Å². The van der Waals surface area contributed by atoms with Gasteiger partial charge in [0.1, 0.15) is 5.82 Å². The average Bonchev–Trinajstić information content (AvgIpc) is 2.87. The van der Waals surface area contributed by atoms with Gasteiger partial charge in [0.25, 0.3) is 5.56 Å². The Kier molecular flexibility index (Phi) is 7.77. The molecule has 0 aliphatic carbocycles. The molecule has 4 rings (SSSR count). The third-order valence-electron chi connectivity index (χ3n) is 6.99. The minimum Gasteiger partial charge on any atom is -0.315 e. The highest BCUT2D eigenvalue weighted by Crippen LogP contribution is 2.26. The van der Waals surface area contributed by atoms with E-state index in [9.17, 15) is 9.59 Å². The number of para-hydroxylation sites is 2. The van der Waals surface area contributed by atoms with Crippen molar-refractivity contribution in [1.82, 2.24) is 14.5 Å². The Bertz CT molecular complexity index is 1490. The van der Waals surface area contributed by atoms with Crippen molar-refractivity contribution in [1.29, 1.82) is 0 Å². The Hall–Kier alpha value is -3.93. The largest absolute Gasteiger partial charge is 0.322 e. The van der Waals surface area contributed by atoms with E-state index in [0.717, 1.165) is 34.5 Å². The van der Waals surface area contributed by atoms with Gasteiger partial charge in [0.15, 0.2) is 0 Å². The van der Waals surface area contributed by atoms with Gasteiger partial charge in [-0.15, -0.1) is 0 Å². The predicted molar refractivity (Wildman–Crippen MR) is 152 cm³/mol. The molecule has 0 radical (unpaired) electrons. The molecule has 2 amide bonds. The number of amides is 2. The van der Waals surface area contributed by atoms with E-state index in [4.69, 9.17) is 4.98 Å². The van der Waals surface area contributed by atoms with Crippen LogP contribution in [0, 0.1) is 26.7 Å². The highest BCUT2D eigenvalue weighted by Gasteiger charge is 2.27. The lowest BCUT2D eigenvalue weighted by molar-refractivity contribution is 0.185. The van der Waals surface area contributed by atoms with Gasteiger partial charge in [-0.1, -0.05) is 50.2 Å². The van der Waals surface area contributed by atoms with Gasteiger partial charge in [-0.3, -0.25) is 9.36 Å². The fraction of sp³-hybridized carbons (Fsp3) is 0.323. The number of rotatable bonds is 7. The summed E-state index contributed by atoms with van der Waals surface area (Å²) in [4.78, 5) is 34.3. The molecule has 3 aromatic carbocycles. The molecular formula is C31H36N4O2. The minimum absolute atomic E-state index is 0.140. The number of aromatic nitrogens is 2. The molecule has 0 bridgehead atoms. The van der Waals surface area contributed by atoms with Crippen LogP contribution in [0.25, 0.3) is 16.6 Å². The molecule has 0 aliphatic rings. The molecule has 37 heavy (non-hydrogen) atoms. The summed E-state index contributed by atoms with van der Waals surface area (Å²) >= 11 is 0. The Morgan fingerprint density at radius 1 is 0.919 bits per heavy atom. The summed E-state index contributed by atoms with van der Waals surface area (Å²) in [7, 11) is 0. The standard InChI is InChI=1S/C31H36N4O2/c1-20(2)17-18-34(31(37)33-27-13-9-7-11-22(27)4)24(6)29-32-28-14-10-8-12-26(28)30(36)35(29)25-16-15-21(3)23(5)19-25/h7-16,19-20,24H,17-18H2,1-6H3,(H,33,37). The smallest absolute Gasteiger partial charge is 0.315 e. The Morgan fingerprint density at radius 3 is 2.32 bits per heavy atom. The fourth-order valence-electron chi connectivity index (χ4n) is 4.45. The second kappa shape index (κ2) is 11.0. The molecule has 0 saturated heterocycles. The van der Waals surface area contributed by atoms with Crippen LogP contribution in [0.15, 0.2) is 71.5 Å². The first kappa shape index (κ1) is 26.1. The number of anilines is 1. The highest BCUT2D eigenvalue weighted by atomic mass is 16.2. The van der Waals surface area contributed by atoms with Crippen molar-refractivity contribution in [2.75, 3.05) is 11.9 Å². The molecule has 192 valence electrons. The number of hydrogen-bond donors (Lipinski definition) is 1. The first-order chi connectivity index (χ1) is 17.7. The number of aryl methyl sites for hydroxylation is 3. The monoisotopic (exact) mass is 496 g/mol. The van der Waals surface area contributed by atoms with Crippen molar-refractivity contribution in [2.45, 2.75) is 54.0 Å². The van der Waals surface area contributed by atoms with E-state index < -0.39 is 6.04 Å². The van der Waals surface area contributed by atoms with Crippen LogP contribution in [0.3, 0.4) is 0 Å². The number of urea groups is 1. The lowest BCUT2D eigenvalue weighted by Gasteiger charge is -2.31. The molecule has 1 heterocycles. The normalized spacial score (nSPS) is 12.1. The zero-order valence-corrected chi connectivity index (χ0v) is 22.6. The second-order valence-corrected chi connectivity index (χ2v) is 10.2. The molecule has 6 heteroatoms. The van der Waals surface area contributed by atoms with E-state index in [-0.39, 0.29) is 11.6 Å². The summed E-state index contributed by atoms with van der Waals surface area (Å²) in [6.07, 6.45) is 0.826. The van der Waals surface area contributed by atoms with Crippen molar-refractivity contribution < 1.29 is 4.79 Å². The van der Waals surface area contributed by atoms with Gasteiger partial charge in [-0.05, 0) is 87.1 Å². The van der Waals surface area contributed by atoms with Gasteiger partial charge in [-0.2, -0.15) is 0 Å². The maximum Gasteiger partial charge on any atom is 0.322 e. The maximum atomic E-state index is 13.8. The van der Waals surface area contributed by atoms with Crippen LogP contribution in [0.4, 0.5) is 10.5 Å². The minimum atomic E-state index is -0.457. The molecule has 0 spiro atoms. The number of nitrogens with one attached hydrogen (secondary N) is 1. The highest BCUT2D eigenvalue weighted by molar-refractivity contribution is 5.90. The lowest BCUT2D eigenvalue weighted by Crippen LogP contribution is -2.41. The van der Waals surface area contributed by atoms with Gasteiger partial charge >= 0.3 is 6.03 Å². The van der Waals surface area contributed by atoms with Crippen LogP contribution in [0.5, 0.6) is 0 Å². The molecule has 1 N–H and O–H groups in total. The number of carbonyl (C=O) groups excluding carboxylic acids is 1. The second-order valence-electron chi connectivity index (χ2n) is 10.2. The molecule has 1 atom stereocenters. The van der Waals surface area contributed by atoms with Crippen LogP contribution < -0.4 is 10.9 Å². The molecule has 1 aromatic heterocycles. The van der Waals surface area contributed by atoms with E-state index in [1.54, 1.807) is 15.5 Å². The van der Waals surface area contributed by atoms with Gasteiger partial charge < -0.3 is 10.2 Å². The molecule has 0 aliphatic heterocycles. The van der Waals surface area contributed by atoms with Crippen LogP contribution in [0.2, 0.25) is 0 Å². The number of carbonyl (C=O) groups is 1. The van der Waals surface area contributed by atoms with E-state index >= 15 is 0 Å². The topological polar surface area (TPSA) is 67.2 Å². The first-order valence-electron chi connectivity index (χ1n) is 12.9. The van der Waals surface area contributed by atoms with Gasteiger partial charge in [0, 0.05) is 12.2 Å². The third kappa shape index (κ3) is 5.58. The number of benzene rings is 3. The Morgan fingerprint density at radius 2 is 1.62 bits per heavy atom. The van der Waals surface area contributed by atoms with Crippen molar-refractivity contribution >= 4 is 22.6 Å². The first-order valence-corrected chi connectivity index (χ1v) is 12.9. The molecule has 4 aromatic rings. The fourth-order valence-corrected chi connectivity index (χ4v) is 4.45. The molecule has 6 nitrogen and oxygen atoms in total. The molecule has 0 fully saturated rings. The lowest BCUT2D eigenvalue weighted by atomic mass is 10.1. The van der Waals surface area contributed by atoms with Crippen molar-refractivity contribution in [3.8, 4) is 5.69 Å². The van der Waals surface area contributed by atoms with Gasteiger partial charge in [-0.25, -0.2) is 9.78 Å². The number of fused-ring (bicyclic) bond motifs is 1. The average molecular weight is 497 g/mol. The third-order valence-corrected chi connectivity index (χ3v) is 6.99. The zero-order valence-electron chi connectivity index (χ0n) is 22.6. The van der Waals surface area contributed by atoms with E-state index in [1.165, 1.54) is 0 Å². The Balaban J connectivity index is 1.86. The molecular weight excluding hydrogens is 460 g/mol. The van der Waals surface area contributed by atoms with E-state index in [0.29, 0.717) is 29.2 Å². The summed E-state index contributed by atoms with van der Waals surface area (Å²) in [5, 5.41) is 3.63. The van der Waals surface area contributed by atoms with Gasteiger partial charge in [0.2, 0.25) is 0 Å². The summed E-state index contributed by atoms with van der Waals surface area (Å²) < 4.78 is 1.67. The molecule has 1 unspecified atom stereocenters. The molecule has 0 saturated carbocycles. The quantitative estimate of drug-likeness (QED) is 0.301. The van der Waals surface area contributed by atoms with Crippen molar-refractivity contribution in [2.24, 2.45) is 5.92 Å². The summed E-state index contributed by atoms with van der Waals surface area (Å²) in [6.45, 7) is 12.8. The number of hydrogen-bond acceptors (Lipinski definition) is 3. The van der Waals surface area contributed by atoms with Crippen LogP contribution in [-0.2, 0) is 0 Å². The van der Waals surface area contributed by atoms with Crippen LogP contribution in [0.1, 0.15) is 55.7 Å². The summed E-state index contributed by atoms with van der Waals surface area (Å²) in [5.74, 6) is 0.947. The summed E-state index contributed by atoms with van der Waals surface area (Å²) in [5.41, 5.74) is 5.23. The van der Waals surface area contributed by atoms with Crippen LogP contribution in [-0.4, -0.2) is 27.0 Å². The van der Waals surface area contributed by atoms with Gasteiger partial charge in [0.05, 0.1) is 22.6 Å². The van der Waals surface area contributed by atoms with Crippen molar-refractivity contribution in [3.63, 3.8) is 0 Å². The Labute approximate surface area is 219 Å². The van der Waals surface area contributed by atoms with Crippen LogP contribution >= 0.6 is 0 Å². The zero-order chi connectivity index (χ0) is 26.7.